The fourth-order valence-corrected chi connectivity index (χ4v) is 2.39. The van der Waals surface area contributed by atoms with Crippen LogP contribution in [-0.4, -0.2) is 47.5 Å². The lowest BCUT2D eigenvalue weighted by Gasteiger charge is -2.31. The average molecular weight is 294 g/mol. The Labute approximate surface area is 122 Å². The molecule has 6 nitrogen and oxygen atoms in total. The highest BCUT2D eigenvalue weighted by Crippen LogP contribution is 2.11. The highest BCUT2D eigenvalue weighted by Gasteiger charge is 2.21. The molecule has 0 spiro atoms. The van der Waals surface area contributed by atoms with Gasteiger partial charge in [-0.25, -0.2) is 4.39 Å². The number of halogens is 1. The molecule has 0 atom stereocenters. The average Bonchev–Trinajstić information content (AvgIpc) is 2.49. The number of benzene rings is 1. The first-order chi connectivity index (χ1) is 10.1. The molecule has 21 heavy (non-hydrogen) atoms. The first-order valence-electron chi connectivity index (χ1n) is 6.83. The maximum Gasteiger partial charge on any atom is 0.251 e. The zero-order valence-corrected chi connectivity index (χ0v) is 11.6. The van der Waals surface area contributed by atoms with Crippen molar-refractivity contribution in [1.82, 2.24) is 10.2 Å². The molecular weight excluding hydrogens is 275 g/mol. The maximum atomic E-state index is 13.1. The Bertz CT molecular complexity index is 527. The van der Waals surface area contributed by atoms with Crippen LogP contribution in [0.15, 0.2) is 29.4 Å². The van der Waals surface area contributed by atoms with Crippen molar-refractivity contribution in [2.24, 2.45) is 10.9 Å². The minimum atomic E-state index is -0.420. The molecule has 0 unspecified atom stereocenters. The Hall–Kier alpha value is -2.15. The summed E-state index contributed by atoms with van der Waals surface area (Å²) in [6.45, 7) is 1.93. The SMILES string of the molecule is NC(CN1CCC(NC(=O)c2cccc(F)c2)CC1)=NO. The molecule has 1 heterocycles. The minimum Gasteiger partial charge on any atom is -0.409 e. The van der Waals surface area contributed by atoms with E-state index in [-0.39, 0.29) is 17.8 Å². The summed E-state index contributed by atoms with van der Waals surface area (Å²) < 4.78 is 13.1. The topological polar surface area (TPSA) is 91.0 Å². The van der Waals surface area contributed by atoms with Gasteiger partial charge >= 0.3 is 0 Å². The van der Waals surface area contributed by atoms with E-state index in [1.165, 1.54) is 18.2 Å². The number of hydrogen-bond acceptors (Lipinski definition) is 4. The molecule has 2 rings (SSSR count). The van der Waals surface area contributed by atoms with Crippen LogP contribution in [-0.2, 0) is 0 Å². The number of piperidine rings is 1. The number of carbonyl (C=O) groups excluding carboxylic acids is 1. The van der Waals surface area contributed by atoms with Crippen molar-refractivity contribution in [3.63, 3.8) is 0 Å². The lowest BCUT2D eigenvalue weighted by Crippen LogP contribution is -2.46. The number of nitrogens with one attached hydrogen (secondary N) is 1. The summed E-state index contributed by atoms with van der Waals surface area (Å²) >= 11 is 0. The van der Waals surface area contributed by atoms with Crippen LogP contribution in [0.3, 0.4) is 0 Å². The molecule has 114 valence electrons. The molecule has 0 aromatic heterocycles. The van der Waals surface area contributed by atoms with E-state index in [0.29, 0.717) is 12.1 Å². The first-order valence-corrected chi connectivity index (χ1v) is 6.83. The molecule has 0 aliphatic carbocycles. The summed E-state index contributed by atoms with van der Waals surface area (Å²) in [6.07, 6.45) is 1.56. The smallest absolute Gasteiger partial charge is 0.251 e. The third-order valence-corrected chi connectivity index (χ3v) is 3.52. The maximum absolute atomic E-state index is 13.1. The molecular formula is C14H19FN4O2. The number of oxime groups is 1. The monoisotopic (exact) mass is 294 g/mol. The molecule has 4 N–H and O–H groups in total. The zero-order chi connectivity index (χ0) is 15.2. The molecule has 7 heteroatoms. The fraction of sp³-hybridized carbons (Fsp3) is 0.429. The summed E-state index contributed by atoms with van der Waals surface area (Å²) in [5.41, 5.74) is 5.79. The second kappa shape index (κ2) is 7.03. The standard InChI is InChI=1S/C14H19FN4O2/c15-11-3-1-2-10(8-11)14(20)17-12-4-6-19(7-5-12)9-13(16)18-21/h1-3,8,12,21H,4-7,9H2,(H2,16,18)(H,17,20). The van der Waals surface area contributed by atoms with E-state index in [1.807, 2.05) is 0 Å². The van der Waals surface area contributed by atoms with Gasteiger partial charge in [0, 0.05) is 24.7 Å². The van der Waals surface area contributed by atoms with E-state index in [9.17, 15) is 9.18 Å². The van der Waals surface area contributed by atoms with Crippen molar-refractivity contribution >= 4 is 11.7 Å². The molecule has 0 radical (unpaired) electrons. The molecule has 1 fully saturated rings. The third-order valence-electron chi connectivity index (χ3n) is 3.52. The van der Waals surface area contributed by atoms with Crippen molar-refractivity contribution in [2.75, 3.05) is 19.6 Å². The summed E-state index contributed by atoms with van der Waals surface area (Å²) in [7, 11) is 0. The van der Waals surface area contributed by atoms with E-state index in [0.717, 1.165) is 25.9 Å². The van der Waals surface area contributed by atoms with Gasteiger partial charge in [-0.2, -0.15) is 0 Å². The first kappa shape index (κ1) is 15.2. The van der Waals surface area contributed by atoms with Crippen molar-refractivity contribution in [3.05, 3.63) is 35.6 Å². The van der Waals surface area contributed by atoms with E-state index in [1.54, 1.807) is 6.07 Å². The Morgan fingerprint density at radius 1 is 1.48 bits per heavy atom. The molecule has 1 amide bonds. The molecule has 1 saturated heterocycles. The fourth-order valence-electron chi connectivity index (χ4n) is 2.39. The molecule has 0 saturated carbocycles. The van der Waals surface area contributed by atoms with E-state index in [4.69, 9.17) is 10.9 Å². The molecule has 0 bridgehead atoms. The van der Waals surface area contributed by atoms with Crippen LogP contribution in [0.25, 0.3) is 0 Å². The lowest BCUT2D eigenvalue weighted by atomic mass is 10.0. The Balaban J connectivity index is 1.82. The van der Waals surface area contributed by atoms with Gasteiger partial charge in [-0.15, -0.1) is 0 Å². The summed E-state index contributed by atoms with van der Waals surface area (Å²) in [6, 6.07) is 5.70. The number of amidine groups is 1. The Kier molecular flexibility index (Phi) is 5.10. The summed E-state index contributed by atoms with van der Waals surface area (Å²) in [5.74, 6) is -0.502. The number of rotatable bonds is 4. The molecule has 1 aromatic carbocycles. The quantitative estimate of drug-likeness (QED) is 0.331. The number of likely N-dealkylation sites (tertiary alicyclic amines) is 1. The largest absolute Gasteiger partial charge is 0.409 e. The number of hydrogen-bond donors (Lipinski definition) is 3. The zero-order valence-electron chi connectivity index (χ0n) is 11.6. The molecule has 1 aromatic rings. The van der Waals surface area contributed by atoms with Gasteiger partial charge in [0.25, 0.3) is 5.91 Å². The second-order valence-electron chi connectivity index (χ2n) is 5.13. The third kappa shape index (κ3) is 4.42. The predicted molar refractivity (Wildman–Crippen MR) is 76.7 cm³/mol. The Morgan fingerprint density at radius 2 is 2.19 bits per heavy atom. The van der Waals surface area contributed by atoms with Gasteiger partial charge < -0.3 is 16.3 Å². The second-order valence-corrected chi connectivity index (χ2v) is 5.13. The van der Waals surface area contributed by atoms with Gasteiger partial charge in [-0.05, 0) is 31.0 Å². The van der Waals surface area contributed by atoms with Gasteiger partial charge in [-0.1, -0.05) is 11.2 Å². The summed E-state index contributed by atoms with van der Waals surface area (Å²) in [5, 5.41) is 14.4. The normalized spacial score (nSPS) is 17.7. The highest BCUT2D eigenvalue weighted by atomic mass is 19.1. The highest BCUT2D eigenvalue weighted by molar-refractivity contribution is 5.94. The van der Waals surface area contributed by atoms with Crippen molar-refractivity contribution in [3.8, 4) is 0 Å². The summed E-state index contributed by atoms with van der Waals surface area (Å²) in [4.78, 5) is 14.1. The van der Waals surface area contributed by atoms with Crippen LogP contribution in [0, 0.1) is 5.82 Å². The molecule has 1 aliphatic heterocycles. The van der Waals surface area contributed by atoms with Crippen LogP contribution in [0.5, 0.6) is 0 Å². The van der Waals surface area contributed by atoms with E-state index < -0.39 is 5.82 Å². The van der Waals surface area contributed by atoms with Gasteiger partial charge in [-0.3, -0.25) is 9.69 Å². The lowest BCUT2D eigenvalue weighted by molar-refractivity contribution is 0.0914. The predicted octanol–water partition coefficient (Wildman–Crippen LogP) is 0.766. The number of nitrogens with zero attached hydrogens (tertiary/aromatic N) is 2. The van der Waals surface area contributed by atoms with Gasteiger partial charge in [0.2, 0.25) is 0 Å². The number of nitrogens with two attached hydrogens (primary N) is 1. The van der Waals surface area contributed by atoms with Gasteiger partial charge in [0.05, 0.1) is 6.54 Å². The van der Waals surface area contributed by atoms with Crippen molar-refractivity contribution in [2.45, 2.75) is 18.9 Å². The van der Waals surface area contributed by atoms with Crippen LogP contribution in [0.1, 0.15) is 23.2 Å². The van der Waals surface area contributed by atoms with E-state index in [2.05, 4.69) is 15.4 Å². The van der Waals surface area contributed by atoms with E-state index >= 15 is 0 Å². The van der Waals surface area contributed by atoms with Crippen LogP contribution < -0.4 is 11.1 Å². The Morgan fingerprint density at radius 3 is 2.81 bits per heavy atom. The molecule has 1 aliphatic rings. The number of carbonyl (C=O) groups is 1. The van der Waals surface area contributed by atoms with Gasteiger partial charge in [0.1, 0.15) is 5.82 Å². The van der Waals surface area contributed by atoms with Gasteiger partial charge in [0.15, 0.2) is 5.84 Å². The van der Waals surface area contributed by atoms with Crippen LogP contribution >= 0.6 is 0 Å². The van der Waals surface area contributed by atoms with Crippen LogP contribution in [0.2, 0.25) is 0 Å². The van der Waals surface area contributed by atoms with Crippen molar-refractivity contribution in [1.29, 1.82) is 0 Å². The van der Waals surface area contributed by atoms with Crippen molar-refractivity contribution < 1.29 is 14.4 Å². The number of amides is 1. The minimum absolute atomic E-state index is 0.0595. The van der Waals surface area contributed by atoms with Crippen LogP contribution in [0.4, 0.5) is 4.39 Å².